The van der Waals surface area contributed by atoms with Crippen LogP contribution >= 0.6 is 15.9 Å². The van der Waals surface area contributed by atoms with Gasteiger partial charge < -0.3 is 4.90 Å². The van der Waals surface area contributed by atoms with Crippen LogP contribution in [0.5, 0.6) is 0 Å². The molecular formula is C41H45BrN4. The summed E-state index contributed by atoms with van der Waals surface area (Å²) in [5.74, 6) is 0. The van der Waals surface area contributed by atoms with Crippen molar-refractivity contribution in [2.45, 2.75) is 73.5 Å². The number of aryl methyl sites for hydroxylation is 4. The van der Waals surface area contributed by atoms with Crippen LogP contribution in [0.2, 0.25) is 0 Å². The van der Waals surface area contributed by atoms with Crippen LogP contribution in [0.15, 0.2) is 89.7 Å². The molecule has 4 nitrogen and oxygen atoms in total. The van der Waals surface area contributed by atoms with Crippen molar-refractivity contribution < 1.29 is 0 Å². The minimum absolute atomic E-state index is 0.462. The Kier molecular flexibility index (Phi) is 9.72. The summed E-state index contributed by atoms with van der Waals surface area (Å²) in [7, 11) is 0. The lowest BCUT2D eigenvalue weighted by atomic mass is 9.97. The van der Waals surface area contributed by atoms with Crippen molar-refractivity contribution in [3.05, 3.63) is 134 Å². The molecule has 5 aromatic rings. The first-order valence-corrected chi connectivity index (χ1v) is 17.2. The van der Waals surface area contributed by atoms with Crippen LogP contribution in [-0.4, -0.2) is 34.0 Å². The highest BCUT2D eigenvalue weighted by Crippen LogP contribution is 2.30. The van der Waals surface area contributed by atoms with E-state index in [4.69, 9.17) is 9.97 Å². The Labute approximate surface area is 283 Å². The maximum Gasteiger partial charge on any atom is 0.0705 e. The van der Waals surface area contributed by atoms with Gasteiger partial charge in [-0.1, -0.05) is 15.9 Å². The van der Waals surface area contributed by atoms with Crippen LogP contribution in [0.1, 0.15) is 57.3 Å². The maximum atomic E-state index is 4.78. The molecule has 0 N–H and O–H groups in total. The molecule has 1 aliphatic heterocycles. The number of nitrogens with zero attached hydrogens (tertiary/aromatic N) is 4. The molecule has 0 radical (unpaired) electrons. The van der Waals surface area contributed by atoms with Crippen molar-refractivity contribution in [2.24, 2.45) is 0 Å². The molecule has 0 aliphatic carbocycles. The van der Waals surface area contributed by atoms with Crippen LogP contribution in [0.3, 0.4) is 0 Å². The summed E-state index contributed by atoms with van der Waals surface area (Å²) < 4.78 is 1.11. The highest BCUT2D eigenvalue weighted by molar-refractivity contribution is 9.10. The maximum absolute atomic E-state index is 4.78. The lowest BCUT2D eigenvalue weighted by Gasteiger charge is -2.40. The molecule has 46 heavy (non-hydrogen) atoms. The third kappa shape index (κ3) is 7.27. The van der Waals surface area contributed by atoms with E-state index in [2.05, 4.69) is 140 Å². The van der Waals surface area contributed by atoms with Gasteiger partial charge in [0.1, 0.15) is 0 Å². The van der Waals surface area contributed by atoms with Crippen LogP contribution in [-0.2, 0) is 13.1 Å². The van der Waals surface area contributed by atoms with Gasteiger partial charge in [0.25, 0.3) is 0 Å². The van der Waals surface area contributed by atoms with E-state index in [9.17, 15) is 0 Å². The Morgan fingerprint density at radius 1 is 0.652 bits per heavy atom. The molecule has 0 atom stereocenters. The molecular weight excluding hydrogens is 628 g/mol. The first kappa shape index (κ1) is 32.2. The fourth-order valence-electron chi connectivity index (χ4n) is 6.74. The normalized spacial score (nSPS) is 14.1. The van der Waals surface area contributed by atoms with Gasteiger partial charge >= 0.3 is 0 Å². The van der Waals surface area contributed by atoms with Gasteiger partial charge in [0.2, 0.25) is 0 Å². The Morgan fingerprint density at radius 2 is 1.13 bits per heavy atom. The van der Waals surface area contributed by atoms with Crippen LogP contribution in [0, 0.1) is 41.5 Å². The molecule has 6 rings (SSSR count). The predicted octanol–water partition coefficient (Wildman–Crippen LogP) is 10.1. The second kappa shape index (κ2) is 13.9. The highest BCUT2D eigenvalue weighted by Gasteiger charge is 2.26. The van der Waals surface area contributed by atoms with E-state index in [0.29, 0.717) is 6.04 Å². The van der Waals surface area contributed by atoms with Gasteiger partial charge in [0, 0.05) is 65.9 Å². The SMILES string of the molecule is Cc1cc(-c2cc(CN3CCC(N(Cc4ccnc(-c5cc(C)c(C)c(C)c5)c4)c4ccc(Br)cc4)CC3)ccn2)cc(C)c1C. The largest absolute Gasteiger partial charge is 0.364 e. The van der Waals surface area contributed by atoms with Gasteiger partial charge in [-0.15, -0.1) is 0 Å². The summed E-state index contributed by atoms with van der Waals surface area (Å²) in [6.07, 6.45) is 6.19. The molecule has 1 saturated heterocycles. The van der Waals surface area contributed by atoms with E-state index in [1.54, 1.807) is 0 Å². The number of pyridine rings is 2. The molecule has 0 unspecified atom stereocenters. The number of aromatic nitrogens is 2. The molecule has 0 saturated carbocycles. The predicted molar refractivity (Wildman–Crippen MR) is 196 cm³/mol. The van der Waals surface area contributed by atoms with Crippen molar-refractivity contribution in [3.63, 3.8) is 0 Å². The molecule has 3 aromatic carbocycles. The molecule has 1 aliphatic rings. The monoisotopic (exact) mass is 672 g/mol. The van der Waals surface area contributed by atoms with Gasteiger partial charge in [0.05, 0.1) is 11.4 Å². The van der Waals surface area contributed by atoms with E-state index < -0.39 is 0 Å². The summed E-state index contributed by atoms with van der Waals surface area (Å²) in [5.41, 5.74) is 16.4. The molecule has 3 heterocycles. The fourth-order valence-corrected chi connectivity index (χ4v) is 7.00. The third-order valence-corrected chi connectivity index (χ3v) is 10.5. The topological polar surface area (TPSA) is 32.3 Å². The molecule has 0 bridgehead atoms. The fraction of sp³-hybridized carbons (Fsp3) is 0.317. The summed E-state index contributed by atoms with van der Waals surface area (Å²) in [6.45, 7) is 17.1. The summed E-state index contributed by atoms with van der Waals surface area (Å²) in [4.78, 5) is 14.7. The first-order valence-electron chi connectivity index (χ1n) is 16.5. The highest BCUT2D eigenvalue weighted by atomic mass is 79.9. The van der Waals surface area contributed by atoms with E-state index >= 15 is 0 Å². The lowest BCUT2D eigenvalue weighted by Crippen LogP contribution is -2.44. The number of likely N-dealkylation sites (tertiary alicyclic amines) is 1. The molecule has 5 heteroatoms. The van der Waals surface area contributed by atoms with Gasteiger partial charge in [-0.3, -0.25) is 14.9 Å². The van der Waals surface area contributed by atoms with Crippen molar-refractivity contribution in [3.8, 4) is 22.5 Å². The van der Waals surface area contributed by atoms with E-state index in [1.807, 2.05) is 12.4 Å². The van der Waals surface area contributed by atoms with Gasteiger partial charge in [0.15, 0.2) is 0 Å². The van der Waals surface area contributed by atoms with Crippen molar-refractivity contribution >= 4 is 21.6 Å². The van der Waals surface area contributed by atoms with Crippen LogP contribution in [0.4, 0.5) is 5.69 Å². The number of benzene rings is 3. The number of anilines is 1. The number of rotatable bonds is 8. The quantitative estimate of drug-likeness (QED) is 0.164. The van der Waals surface area contributed by atoms with Crippen molar-refractivity contribution in [2.75, 3.05) is 18.0 Å². The molecule has 0 spiro atoms. The van der Waals surface area contributed by atoms with Gasteiger partial charge in [-0.25, -0.2) is 0 Å². The summed E-state index contributed by atoms with van der Waals surface area (Å²) in [6, 6.07) is 27.3. The lowest BCUT2D eigenvalue weighted by molar-refractivity contribution is 0.201. The minimum atomic E-state index is 0.462. The summed E-state index contributed by atoms with van der Waals surface area (Å²) in [5, 5.41) is 0. The Morgan fingerprint density at radius 3 is 1.65 bits per heavy atom. The number of halogens is 1. The zero-order chi connectivity index (χ0) is 32.4. The van der Waals surface area contributed by atoms with Crippen molar-refractivity contribution in [1.29, 1.82) is 0 Å². The molecule has 0 amide bonds. The Bertz CT molecular complexity index is 1790. The first-order chi connectivity index (χ1) is 22.1. The van der Waals surface area contributed by atoms with E-state index in [0.717, 1.165) is 54.9 Å². The van der Waals surface area contributed by atoms with E-state index in [-0.39, 0.29) is 0 Å². The minimum Gasteiger partial charge on any atom is -0.364 e. The number of hydrogen-bond donors (Lipinski definition) is 0. The third-order valence-electron chi connectivity index (χ3n) is 10.0. The smallest absolute Gasteiger partial charge is 0.0705 e. The second-order valence-electron chi connectivity index (χ2n) is 13.2. The Balaban J connectivity index is 1.17. The number of piperidine rings is 1. The molecule has 236 valence electrons. The van der Waals surface area contributed by atoms with Crippen LogP contribution in [0.25, 0.3) is 22.5 Å². The van der Waals surface area contributed by atoms with E-state index in [1.165, 1.54) is 61.3 Å². The number of hydrogen-bond acceptors (Lipinski definition) is 4. The second-order valence-corrected chi connectivity index (χ2v) is 14.1. The zero-order valence-electron chi connectivity index (χ0n) is 28.1. The summed E-state index contributed by atoms with van der Waals surface area (Å²) >= 11 is 3.64. The van der Waals surface area contributed by atoms with Crippen LogP contribution < -0.4 is 4.90 Å². The van der Waals surface area contributed by atoms with Gasteiger partial charge in [-0.05, 0) is 172 Å². The molecule has 1 fully saturated rings. The van der Waals surface area contributed by atoms with Gasteiger partial charge in [-0.2, -0.15) is 0 Å². The average molecular weight is 674 g/mol. The zero-order valence-corrected chi connectivity index (χ0v) is 29.7. The standard InChI is InChI=1S/C41H45BrN4/c1-27-19-35(20-28(2)31(27)5)40-23-33(11-15-43-40)25-45-17-13-39(14-18-45)46(38-9-7-37(42)8-10-38)26-34-12-16-44-41(24-34)36-21-29(3)32(6)30(4)22-36/h7-12,15-16,19-24,39H,13-14,17-18,25-26H2,1-6H3. The molecule has 2 aromatic heterocycles. The average Bonchev–Trinajstić information content (AvgIpc) is 3.06. The van der Waals surface area contributed by atoms with Crippen molar-refractivity contribution in [1.82, 2.24) is 14.9 Å². The Hall–Kier alpha value is -3.80.